The van der Waals surface area contributed by atoms with E-state index in [0.717, 1.165) is 32.7 Å². The average molecular weight is 270 g/mol. The fraction of sp³-hybridized carbons (Fsp3) is 1.00. The van der Waals surface area contributed by atoms with Crippen molar-refractivity contribution in [1.82, 2.24) is 15.1 Å². The van der Waals surface area contributed by atoms with Crippen LogP contribution in [0.25, 0.3) is 0 Å². The highest BCUT2D eigenvalue weighted by atomic mass is 15.2. The second-order valence-electron chi connectivity index (χ2n) is 6.07. The molecule has 0 aliphatic carbocycles. The van der Waals surface area contributed by atoms with Crippen molar-refractivity contribution in [2.45, 2.75) is 52.1 Å². The zero-order valence-corrected chi connectivity index (χ0v) is 13.4. The van der Waals surface area contributed by atoms with Gasteiger partial charge in [-0.15, -0.1) is 0 Å². The van der Waals surface area contributed by atoms with E-state index in [1.54, 1.807) is 0 Å². The summed E-state index contributed by atoms with van der Waals surface area (Å²) in [7, 11) is 0. The Morgan fingerprint density at radius 2 is 1.79 bits per heavy atom. The Kier molecular flexibility index (Phi) is 7.29. The maximum atomic E-state index is 6.05. The van der Waals surface area contributed by atoms with Crippen molar-refractivity contribution >= 4 is 0 Å². The summed E-state index contributed by atoms with van der Waals surface area (Å²) in [4.78, 5) is 5.01. The number of nitrogens with one attached hydrogen (secondary N) is 1. The first-order valence-electron chi connectivity index (χ1n) is 7.98. The van der Waals surface area contributed by atoms with Crippen LogP contribution in [0.3, 0.4) is 0 Å². The molecular formula is C15H34N4. The maximum absolute atomic E-state index is 6.05. The zero-order chi connectivity index (χ0) is 14.3. The third kappa shape index (κ3) is 5.03. The Labute approximate surface area is 119 Å². The number of likely N-dealkylation sites (N-methyl/N-ethyl adjacent to an activating group) is 1. The van der Waals surface area contributed by atoms with Crippen LogP contribution in [0, 0.1) is 0 Å². The van der Waals surface area contributed by atoms with Crippen LogP contribution < -0.4 is 11.1 Å². The summed E-state index contributed by atoms with van der Waals surface area (Å²) in [5.74, 6) is 0. The summed E-state index contributed by atoms with van der Waals surface area (Å²) in [5.41, 5.74) is 6.23. The van der Waals surface area contributed by atoms with Crippen LogP contribution >= 0.6 is 0 Å². The van der Waals surface area contributed by atoms with Crippen LogP contribution in [-0.2, 0) is 0 Å². The molecular weight excluding hydrogens is 236 g/mol. The molecule has 1 aliphatic heterocycles. The fourth-order valence-electron chi connectivity index (χ4n) is 2.94. The number of hydrogen-bond donors (Lipinski definition) is 2. The lowest BCUT2D eigenvalue weighted by Crippen LogP contribution is -2.59. The normalized spacial score (nSPS) is 20.4. The highest BCUT2D eigenvalue weighted by Crippen LogP contribution is 2.22. The molecule has 0 aromatic carbocycles. The molecule has 3 N–H and O–H groups in total. The van der Waals surface area contributed by atoms with Crippen molar-refractivity contribution < 1.29 is 0 Å². The van der Waals surface area contributed by atoms with E-state index in [-0.39, 0.29) is 5.54 Å². The molecule has 0 aromatic heterocycles. The molecule has 0 spiro atoms. The van der Waals surface area contributed by atoms with Gasteiger partial charge in [-0.1, -0.05) is 13.8 Å². The topological polar surface area (TPSA) is 44.5 Å². The van der Waals surface area contributed by atoms with Gasteiger partial charge >= 0.3 is 0 Å². The standard InChI is InChI=1S/C15H34N4/c1-5-18(6-2)12-9-17-15(13-16)7-10-19(11-8-15)14(3)4/h14,17H,5-13,16H2,1-4H3. The van der Waals surface area contributed by atoms with Crippen molar-refractivity contribution in [3.63, 3.8) is 0 Å². The Balaban J connectivity index is 2.37. The van der Waals surface area contributed by atoms with E-state index in [9.17, 15) is 0 Å². The smallest absolute Gasteiger partial charge is 0.0328 e. The molecule has 0 radical (unpaired) electrons. The van der Waals surface area contributed by atoms with Gasteiger partial charge in [0.05, 0.1) is 0 Å². The predicted octanol–water partition coefficient (Wildman–Crippen LogP) is 1.12. The lowest BCUT2D eigenvalue weighted by molar-refractivity contribution is 0.112. The average Bonchev–Trinajstić information content (AvgIpc) is 2.44. The van der Waals surface area contributed by atoms with Crippen LogP contribution in [0.1, 0.15) is 40.5 Å². The SMILES string of the molecule is CCN(CC)CCNC1(CN)CCN(C(C)C)CC1. The minimum atomic E-state index is 0.179. The first kappa shape index (κ1) is 16.9. The van der Waals surface area contributed by atoms with Gasteiger partial charge in [-0.25, -0.2) is 0 Å². The lowest BCUT2D eigenvalue weighted by atomic mass is 9.87. The number of hydrogen-bond acceptors (Lipinski definition) is 4. The summed E-state index contributed by atoms with van der Waals surface area (Å²) in [6.07, 6.45) is 2.36. The summed E-state index contributed by atoms with van der Waals surface area (Å²) in [6, 6.07) is 0.659. The minimum absolute atomic E-state index is 0.179. The molecule has 1 heterocycles. The van der Waals surface area contributed by atoms with Crippen molar-refractivity contribution in [2.24, 2.45) is 5.73 Å². The third-order valence-corrected chi connectivity index (χ3v) is 4.70. The highest BCUT2D eigenvalue weighted by molar-refractivity contribution is 4.94. The molecule has 0 saturated carbocycles. The molecule has 0 amide bonds. The minimum Gasteiger partial charge on any atom is -0.329 e. The van der Waals surface area contributed by atoms with Crippen LogP contribution in [0.5, 0.6) is 0 Å². The summed E-state index contributed by atoms with van der Waals surface area (Å²) < 4.78 is 0. The number of rotatable bonds is 8. The molecule has 114 valence electrons. The Morgan fingerprint density at radius 1 is 1.21 bits per heavy atom. The lowest BCUT2D eigenvalue weighted by Gasteiger charge is -2.43. The van der Waals surface area contributed by atoms with Crippen LogP contribution in [0.2, 0.25) is 0 Å². The number of piperidine rings is 1. The van der Waals surface area contributed by atoms with Crippen molar-refractivity contribution in [3.05, 3.63) is 0 Å². The first-order valence-corrected chi connectivity index (χ1v) is 7.98. The van der Waals surface area contributed by atoms with Crippen LogP contribution in [-0.4, -0.2) is 67.2 Å². The van der Waals surface area contributed by atoms with E-state index in [1.165, 1.54) is 25.9 Å². The molecule has 1 rings (SSSR count). The summed E-state index contributed by atoms with van der Waals surface area (Å²) in [5, 5.41) is 3.75. The van der Waals surface area contributed by atoms with E-state index >= 15 is 0 Å². The van der Waals surface area contributed by atoms with Crippen LogP contribution in [0.4, 0.5) is 0 Å². The van der Waals surface area contributed by atoms with E-state index < -0.39 is 0 Å². The molecule has 1 fully saturated rings. The molecule has 0 unspecified atom stereocenters. The van der Waals surface area contributed by atoms with Gasteiger partial charge in [0, 0.05) is 44.3 Å². The second kappa shape index (κ2) is 8.20. The van der Waals surface area contributed by atoms with Crippen molar-refractivity contribution in [2.75, 3.05) is 45.8 Å². The second-order valence-corrected chi connectivity index (χ2v) is 6.07. The summed E-state index contributed by atoms with van der Waals surface area (Å²) >= 11 is 0. The fourth-order valence-corrected chi connectivity index (χ4v) is 2.94. The first-order chi connectivity index (χ1) is 9.06. The van der Waals surface area contributed by atoms with Gasteiger partial charge in [-0.3, -0.25) is 0 Å². The van der Waals surface area contributed by atoms with E-state index in [2.05, 4.69) is 42.8 Å². The highest BCUT2D eigenvalue weighted by Gasteiger charge is 2.33. The predicted molar refractivity (Wildman–Crippen MR) is 83.5 cm³/mol. The van der Waals surface area contributed by atoms with Gasteiger partial charge in [-0.2, -0.15) is 0 Å². The van der Waals surface area contributed by atoms with Gasteiger partial charge in [0.25, 0.3) is 0 Å². The molecule has 0 atom stereocenters. The third-order valence-electron chi connectivity index (χ3n) is 4.70. The maximum Gasteiger partial charge on any atom is 0.0328 e. The van der Waals surface area contributed by atoms with Gasteiger partial charge in [0.15, 0.2) is 0 Å². The van der Waals surface area contributed by atoms with E-state index in [0.29, 0.717) is 6.04 Å². The molecule has 0 bridgehead atoms. The zero-order valence-electron chi connectivity index (χ0n) is 13.4. The quantitative estimate of drug-likeness (QED) is 0.694. The Hall–Kier alpha value is -0.160. The van der Waals surface area contributed by atoms with E-state index in [4.69, 9.17) is 5.73 Å². The molecule has 1 aliphatic rings. The van der Waals surface area contributed by atoms with E-state index in [1.807, 2.05) is 0 Å². The van der Waals surface area contributed by atoms with Crippen molar-refractivity contribution in [3.8, 4) is 0 Å². The Bertz CT molecular complexity index is 230. The van der Waals surface area contributed by atoms with Crippen LogP contribution in [0.15, 0.2) is 0 Å². The number of nitrogens with two attached hydrogens (primary N) is 1. The Morgan fingerprint density at radius 3 is 2.21 bits per heavy atom. The molecule has 1 saturated heterocycles. The van der Waals surface area contributed by atoms with Gasteiger partial charge < -0.3 is 20.9 Å². The molecule has 4 nitrogen and oxygen atoms in total. The monoisotopic (exact) mass is 270 g/mol. The van der Waals surface area contributed by atoms with Gasteiger partial charge in [0.2, 0.25) is 0 Å². The molecule has 19 heavy (non-hydrogen) atoms. The molecule has 0 aromatic rings. The van der Waals surface area contributed by atoms with Gasteiger partial charge in [-0.05, 0) is 39.8 Å². The summed E-state index contributed by atoms with van der Waals surface area (Å²) in [6.45, 7) is 16.6. The number of nitrogens with zero attached hydrogens (tertiary/aromatic N) is 2. The van der Waals surface area contributed by atoms with Crippen molar-refractivity contribution in [1.29, 1.82) is 0 Å². The van der Waals surface area contributed by atoms with Gasteiger partial charge in [0.1, 0.15) is 0 Å². The number of likely N-dealkylation sites (tertiary alicyclic amines) is 1. The molecule has 4 heteroatoms. The largest absolute Gasteiger partial charge is 0.329 e.